The summed E-state index contributed by atoms with van der Waals surface area (Å²) in [5.41, 5.74) is 7.67. The van der Waals surface area contributed by atoms with Crippen LogP contribution >= 0.6 is 11.8 Å². The van der Waals surface area contributed by atoms with E-state index in [0.29, 0.717) is 17.4 Å². The number of carbonyl (C=O) groups excluding carboxylic acids is 1. The summed E-state index contributed by atoms with van der Waals surface area (Å²) in [6.45, 7) is 4.83. The van der Waals surface area contributed by atoms with Crippen LogP contribution in [-0.2, 0) is 13.2 Å². The van der Waals surface area contributed by atoms with E-state index in [4.69, 9.17) is 5.73 Å². The van der Waals surface area contributed by atoms with E-state index in [1.807, 2.05) is 18.5 Å². The lowest BCUT2D eigenvalue weighted by Gasteiger charge is -2.16. The molecule has 1 saturated heterocycles. The van der Waals surface area contributed by atoms with Crippen molar-refractivity contribution in [2.75, 3.05) is 25.4 Å². The Morgan fingerprint density at radius 3 is 2.62 bits per heavy atom. The second kappa shape index (κ2) is 9.75. The van der Waals surface area contributed by atoms with E-state index < -0.39 is 17.6 Å². The van der Waals surface area contributed by atoms with Gasteiger partial charge >= 0.3 is 6.18 Å². The Morgan fingerprint density at radius 1 is 1.19 bits per heavy atom. The Kier molecular flexibility index (Phi) is 6.78. The molecule has 3 aromatic rings. The van der Waals surface area contributed by atoms with Gasteiger partial charge in [-0.1, -0.05) is 23.9 Å². The molecule has 1 saturated carbocycles. The van der Waals surface area contributed by atoms with Crippen LogP contribution in [0.1, 0.15) is 52.5 Å². The molecule has 3 heterocycles. The Morgan fingerprint density at radius 2 is 1.95 bits per heavy atom. The first kappa shape index (κ1) is 25.7. The summed E-state index contributed by atoms with van der Waals surface area (Å²) in [6.07, 6.45) is -1.13. The number of primary amides is 1. The topological polar surface area (TPSA) is 89.9 Å². The Balaban J connectivity index is 1.10. The molecule has 1 aliphatic carbocycles. The van der Waals surface area contributed by atoms with Crippen molar-refractivity contribution in [1.29, 1.82) is 0 Å². The van der Waals surface area contributed by atoms with E-state index >= 15 is 0 Å². The Hall–Kier alpha value is -2.92. The smallest absolute Gasteiger partial charge is 0.364 e. The number of carbonyl (C=O) groups is 1. The molecule has 1 amide bonds. The summed E-state index contributed by atoms with van der Waals surface area (Å²) in [5, 5.41) is 9.47. The molecule has 2 aliphatic rings. The fraction of sp³-hybridized carbons (Fsp3) is 0.462. The summed E-state index contributed by atoms with van der Waals surface area (Å²) < 4.78 is 40.5. The third-order valence-corrected chi connectivity index (χ3v) is 8.66. The van der Waals surface area contributed by atoms with Crippen molar-refractivity contribution in [2.24, 2.45) is 18.2 Å². The zero-order chi connectivity index (χ0) is 26.4. The summed E-state index contributed by atoms with van der Waals surface area (Å²) in [7, 11) is 1.91. The van der Waals surface area contributed by atoms with Gasteiger partial charge < -0.3 is 15.2 Å². The molecule has 37 heavy (non-hydrogen) atoms. The van der Waals surface area contributed by atoms with E-state index in [0.717, 1.165) is 60.9 Å². The normalized spacial score (nSPS) is 21.6. The predicted octanol–water partition coefficient (Wildman–Crippen LogP) is 4.67. The fourth-order valence-corrected chi connectivity index (χ4v) is 6.25. The zero-order valence-corrected chi connectivity index (χ0v) is 21.6. The Labute approximate surface area is 217 Å². The van der Waals surface area contributed by atoms with Crippen LogP contribution in [0.5, 0.6) is 0 Å². The van der Waals surface area contributed by atoms with Gasteiger partial charge in [0.2, 0.25) is 0 Å². The van der Waals surface area contributed by atoms with Gasteiger partial charge in [-0.3, -0.25) is 4.79 Å². The van der Waals surface area contributed by atoms with Crippen LogP contribution in [0.4, 0.5) is 13.2 Å². The van der Waals surface area contributed by atoms with Gasteiger partial charge in [0.05, 0.1) is 5.56 Å². The van der Waals surface area contributed by atoms with Crippen LogP contribution in [0.3, 0.4) is 0 Å². The van der Waals surface area contributed by atoms with E-state index in [1.54, 1.807) is 36.0 Å². The van der Waals surface area contributed by atoms with Crippen LogP contribution < -0.4 is 5.73 Å². The van der Waals surface area contributed by atoms with E-state index in [-0.39, 0.29) is 11.1 Å². The number of thioether (sulfide) groups is 1. The van der Waals surface area contributed by atoms with Crippen LogP contribution in [-0.4, -0.2) is 55.9 Å². The van der Waals surface area contributed by atoms with Gasteiger partial charge in [-0.15, -0.1) is 10.2 Å². The van der Waals surface area contributed by atoms with Crippen LogP contribution in [0.15, 0.2) is 41.6 Å². The second-order valence-corrected chi connectivity index (χ2v) is 11.1. The molecule has 0 bridgehead atoms. The first-order valence-corrected chi connectivity index (χ1v) is 13.3. The number of rotatable bonds is 8. The van der Waals surface area contributed by atoms with Crippen molar-refractivity contribution in [3.8, 4) is 11.4 Å². The van der Waals surface area contributed by atoms with E-state index in [1.165, 1.54) is 12.1 Å². The maximum atomic E-state index is 12.9. The largest absolute Gasteiger partial charge is 0.416 e. The first-order valence-electron chi connectivity index (χ1n) is 12.3. The van der Waals surface area contributed by atoms with Gasteiger partial charge in [0.1, 0.15) is 5.69 Å². The highest BCUT2D eigenvalue weighted by atomic mass is 32.2. The van der Waals surface area contributed by atoms with E-state index in [9.17, 15) is 18.0 Å². The van der Waals surface area contributed by atoms with Crippen LogP contribution in [0, 0.1) is 12.3 Å². The van der Waals surface area contributed by atoms with Gasteiger partial charge in [0.15, 0.2) is 11.0 Å². The second-order valence-electron chi connectivity index (χ2n) is 10.0. The maximum Gasteiger partial charge on any atom is 0.416 e. The van der Waals surface area contributed by atoms with Crippen LogP contribution in [0.2, 0.25) is 0 Å². The standard InChI is InChI=1S/C26H29F3N6OS/c1-16-19(8-9-21(31-16)22(30)36)23-32-33-24(34(23)2)37-13-3-11-35-12-10-25(15-35)14-20(25)17-4-6-18(7-5-17)26(27,28)29/h4-9,20H,3,10-15H2,1-2H3,(H2,30,36). The number of pyridine rings is 1. The number of nitrogens with zero attached hydrogens (tertiary/aromatic N) is 5. The molecule has 1 aromatic carbocycles. The molecule has 2 aromatic heterocycles. The molecule has 2 N–H and O–H groups in total. The maximum absolute atomic E-state index is 12.9. The lowest BCUT2D eigenvalue weighted by molar-refractivity contribution is -0.137. The SMILES string of the molecule is Cc1nc(C(N)=O)ccc1-c1nnc(SCCCN2CCC3(CC3c3ccc(C(F)(F)F)cc3)C2)n1C. The number of alkyl halides is 3. The summed E-state index contributed by atoms with van der Waals surface area (Å²) in [4.78, 5) is 18.1. The zero-order valence-electron chi connectivity index (χ0n) is 20.8. The molecule has 2 atom stereocenters. The Bertz CT molecular complexity index is 1310. The molecule has 1 spiro atoms. The molecule has 11 heteroatoms. The number of hydrogen-bond donors (Lipinski definition) is 1. The van der Waals surface area contributed by atoms with Crippen molar-refractivity contribution >= 4 is 17.7 Å². The number of aromatic nitrogens is 4. The quantitative estimate of drug-likeness (QED) is 0.337. The summed E-state index contributed by atoms with van der Waals surface area (Å²) >= 11 is 1.65. The molecular weight excluding hydrogens is 501 g/mol. The molecule has 2 fully saturated rings. The molecule has 0 radical (unpaired) electrons. The minimum Gasteiger partial charge on any atom is -0.364 e. The predicted molar refractivity (Wildman–Crippen MR) is 135 cm³/mol. The number of aryl methyl sites for hydroxylation is 1. The fourth-order valence-electron chi connectivity index (χ4n) is 5.41. The number of amides is 1. The van der Waals surface area contributed by atoms with Gasteiger partial charge in [-0.05, 0) is 80.4 Å². The number of halogens is 3. The average Bonchev–Trinajstić information content (AvgIpc) is 3.21. The van der Waals surface area contributed by atoms with E-state index in [2.05, 4.69) is 20.1 Å². The molecule has 2 unspecified atom stereocenters. The van der Waals surface area contributed by atoms with Crippen molar-refractivity contribution in [1.82, 2.24) is 24.6 Å². The van der Waals surface area contributed by atoms with Crippen molar-refractivity contribution in [2.45, 2.75) is 43.4 Å². The van der Waals surface area contributed by atoms with Gasteiger partial charge in [0, 0.05) is 30.6 Å². The third-order valence-electron chi connectivity index (χ3n) is 7.56. The minimum atomic E-state index is -4.29. The third kappa shape index (κ3) is 5.24. The average molecular weight is 531 g/mol. The number of likely N-dealkylation sites (tertiary alicyclic amines) is 1. The van der Waals surface area contributed by atoms with Crippen molar-refractivity contribution < 1.29 is 18.0 Å². The van der Waals surface area contributed by atoms with Crippen LogP contribution in [0.25, 0.3) is 11.4 Å². The number of nitrogens with two attached hydrogens (primary N) is 1. The molecule has 7 nitrogen and oxygen atoms in total. The highest BCUT2D eigenvalue weighted by Gasteiger charge is 2.57. The lowest BCUT2D eigenvalue weighted by Crippen LogP contribution is -2.23. The van der Waals surface area contributed by atoms with Gasteiger partial charge in [-0.2, -0.15) is 13.2 Å². The van der Waals surface area contributed by atoms with Gasteiger partial charge in [-0.25, -0.2) is 4.98 Å². The molecular formula is C26H29F3N6OS. The van der Waals surface area contributed by atoms with Crippen molar-refractivity contribution in [3.63, 3.8) is 0 Å². The number of benzene rings is 1. The molecule has 196 valence electrons. The summed E-state index contributed by atoms with van der Waals surface area (Å²) in [6, 6.07) is 9.10. The highest BCUT2D eigenvalue weighted by molar-refractivity contribution is 7.99. The first-order chi connectivity index (χ1) is 17.6. The lowest BCUT2D eigenvalue weighted by atomic mass is 9.97. The highest BCUT2D eigenvalue weighted by Crippen LogP contribution is 2.64. The molecule has 1 aliphatic heterocycles. The molecule has 5 rings (SSSR count). The minimum absolute atomic E-state index is 0.221. The summed E-state index contributed by atoms with van der Waals surface area (Å²) in [5.74, 6) is 1.38. The van der Waals surface area contributed by atoms with Gasteiger partial charge in [0.25, 0.3) is 5.91 Å². The number of hydrogen-bond acceptors (Lipinski definition) is 6. The van der Waals surface area contributed by atoms with Crippen molar-refractivity contribution in [3.05, 3.63) is 58.9 Å². The monoisotopic (exact) mass is 530 g/mol.